The fraction of sp³-hybridized carbons (Fsp3) is 0.850. The lowest BCUT2D eigenvalue weighted by Crippen LogP contribution is -2.04. The Bertz CT molecular complexity index is 541. The molecule has 0 radical (unpaired) electrons. The van der Waals surface area contributed by atoms with Crippen LogP contribution in [0.2, 0.25) is 0 Å². The average molecular weight is 671 g/mol. The molecule has 46 heavy (non-hydrogen) atoms. The molecule has 0 amide bonds. The van der Waals surface area contributed by atoms with E-state index in [0.29, 0.717) is 30.7 Å². The van der Waals surface area contributed by atoms with Gasteiger partial charge in [-0.05, 0) is 60.3 Å². The second-order valence-electron chi connectivity index (χ2n) is 9.35. The van der Waals surface area contributed by atoms with E-state index in [0.717, 1.165) is 38.5 Å². The van der Waals surface area contributed by atoms with Crippen molar-refractivity contribution in [2.24, 2.45) is 17.8 Å². The summed E-state index contributed by atoms with van der Waals surface area (Å²) in [6.45, 7) is 40.5. The summed E-state index contributed by atoms with van der Waals surface area (Å²) < 4.78 is 6.21. The van der Waals surface area contributed by atoms with Gasteiger partial charge < -0.3 is 14.4 Å². The topological polar surface area (TPSA) is 102 Å². The standard InChI is InChI=1S/C7H14O.2C6H12O.C5H10O.C4H8O.C3H8.3C2H6.CH2O.2CH4/c1-4-5-6(2)7(3)8;2*1-4-5(2)6(3)7;1-3-4-5(2)6;1-3-4(2)5;1-3-2;4*1-2;;/h6H,4-5H2,1-3H3;2*5H,4H2,1-3H3;3-4H2,1-2H3;3H2,1-2H3;3H2,1-2H3;3*1-2H3;1H2;2*1H4/i;;;;;;1T;;;;;. The first-order chi connectivity index (χ1) is 20.9. The Morgan fingerprint density at radius 2 is 0.761 bits per heavy atom. The van der Waals surface area contributed by atoms with Crippen LogP contribution >= 0.6 is 0 Å². The van der Waals surface area contributed by atoms with Crippen molar-refractivity contribution in [2.45, 2.75) is 212 Å². The molecule has 0 bridgehead atoms. The molecule has 0 spiro atoms. The van der Waals surface area contributed by atoms with Gasteiger partial charge in [0.2, 0.25) is 0 Å². The molecule has 0 rings (SSSR count). The summed E-state index contributed by atoms with van der Waals surface area (Å²) in [7, 11) is 0. The summed E-state index contributed by atoms with van der Waals surface area (Å²) in [6.07, 6.45) is 7.72. The van der Waals surface area contributed by atoms with Gasteiger partial charge >= 0.3 is 0 Å². The molecular weight excluding hydrogens is 576 g/mol. The van der Waals surface area contributed by atoms with Gasteiger partial charge in [-0.1, -0.05) is 138 Å². The molecule has 0 saturated heterocycles. The highest BCUT2D eigenvalue weighted by atomic mass is 16.1. The van der Waals surface area contributed by atoms with E-state index in [-0.39, 0.29) is 44.2 Å². The molecule has 0 aliphatic carbocycles. The lowest BCUT2D eigenvalue weighted by atomic mass is 10.0. The summed E-state index contributed by atoms with van der Waals surface area (Å²) in [5.74, 6) is 2.25. The van der Waals surface area contributed by atoms with Gasteiger partial charge in [0, 0.05) is 32.0 Å². The van der Waals surface area contributed by atoms with Gasteiger partial charge in [-0.3, -0.25) is 14.4 Å². The van der Waals surface area contributed by atoms with Crippen LogP contribution in [-0.4, -0.2) is 35.7 Å². The second kappa shape index (κ2) is 84.3. The van der Waals surface area contributed by atoms with Gasteiger partial charge in [-0.15, -0.1) is 0 Å². The molecule has 6 nitrogen and oxygen atoms in total. The predicted molar refractivity (Wildman–Crippen MR) is 212 cm³/mol. The maximum absolute atomic E-state index is 10.5. The fourth-order valence-electron chi connectivity index (χ4n) is 1.56. The van der Waals surface area contributed by atoms with E-state index < -0.39 is 0 Å². The summed E-state index contributed by atoms with van der Waals surface area (Å²) in [6, 6.07) is 0. The van der Waals surface area contributed by atoms with Crippen molar-refractivity contribution in [3.05, 3.63) is 0 Å². The SMILES string of the molecule is C.C.C=O.CC.CC.CCC.CCC(C)=O.CCC(C)C(C)=O.CCC(C)C(C)=O.CCCC(C)=O.CCCC(C)C(C)=O.[3H]CC. The van der Waals surface area contributed by atoms with Crippen LogP contribution in [0.5, 0.6) is 0 Å². The molecule has 0 saturated carbocycles. The minimum atomic E-state index is 0. The van der Waals surface area contributed by atoms with E-state index in [1.807, 2.05) is 83.0 Å². The van der Waals surface area contributed by atoms with E-state index in [4.69, 9.17) is 6.17 Å². The van der Waals surface area contributed by atoms with Crippen LogP contribution in [0.4, 0.5) is 0 Å². The van der Waals surface area contributed by atoms with E-state index >= 15 is 0 Å². The van der Waals surface area contributed by atoms with Crippen molar-refractivity contribution in [3.8, 4) is 0 Å². The first-order valence-electron chi connectivity index (χ1n) is 17.7. The van der Waals surface area contributed by atoms with Crippen molar-refractivity contribution in [1.82, 2.24) is 0 Å². The third kappa shape index (κ3) is 146. The lowest BCUT2D eigenvalue weighted by Gasteiger charge is -2.01. The Labute approximate surface area is 294 Å². The molecule has 0 aromatic rings. The molecule has 288 valence electrons. The van der Waals surface area contributed by atoms with Crippen LogP contribution in [-0.2, 0) is 28.8 Å². The zero-order valence-electron chi connectivity index (χ0n) is 34.8. The van der Waals surface area contributed by atoms with E-state index in [9.17, 15) is 24.0 Å². The highest BCUT2D eigenvalue weighted by molar-refractivity contribution is 5.78. The summed E-state index contributed by atoms with van der Waals surface area (Å²) in [5.41, 5.74) is 0. The molecule has 3 unspecified atom stereocenters. The van der Waals surface area contributed by atoms with Gasteiger partial charge in [0.15, 0.2) is 0 Å². The van der Waals surface area contributed by atoms with Crippen LogP contribution in [0.25, 0.3) is 0 Å². The van der Waals surface area contributed by atoms with Crippen molar-refractivity contribution in [3.63, 3.8) is 0 Å². The maximum Gasteiger partial charge on any atom is 0.132 e. The third-order valence-electron chi connectivity index (χ3n) is 5.13. The van der Waals surface area contributed by atoms with Crippen LogP contribution in [0, 0.1) is 17.8 Å². The molecule has 6 heteroatoms. The van der Waals surface area contributed by atoms with Crippen molar-refractivity contribution >= 4 is 35.7 Å². The normalized spacial score (nSPS) is 9.52. The monoisotopic (exact) mass is 671 g/mol. The fourth-order valence-corrected chi connectivity index (χ4v) is 1.56. The van der Waals surface area contributed by atoms with Gasteiger partial charge in [-0.25, -0.2) is 0 Å². The Morgan fingerprint density at radius 3 is 0.783 bits per heavy atom. The van der Waals surface area contributed by atoms with Gasteiger partial charge in [0.25, 0.3) is 0 Å². The molecule has 0 heterocycles. The lowest BCUT2D eigenvalue weighted by molar-refractivity contribution is -0.121. The summed E-state index contributed by atoms with van der Waals surface area (Å²) in [5, 5.41) is 0. The zero-order chi connectivity index (χ0) is 39.0. The Balaban J connectivity index is -0.0000000299. The molecule has 0 aliphatic heterocycles. The number of rotatable bonds is 10. The number of Topliss-reactive ketones (excluding diaryl/α,β-unsaturated/α-hetero) is 5. The number of carbonyl (C=O) groups is 6. The Morgan fingerprint density at radius 1 is 0.543 bits per heavy atom. The molecule has 3 atom stereocenters. The summed E-state index contributed by atoms with van der Waals surface area (Å²) >= 11 is 0. The quantitative estimate of drug-likeness (QED) is 0.229. The van der Waals surface area contributed by atoms with E-state index in [1.165, 1.54) is 6.42 Å². The highest BCUT2D eigenvalue weighted by Crippen LogP contribution is 2.04. The van der Waals surface area contributed by atoms with Crippen molar-refractivity contribution < 1.29 is 30.1 Å². The largest absolute Gasteiger partial charge is 0.307 e. The smallest absolute Gasteiger partial charge is 0.132 e. The minimum absolute atomic E-state index is 0. The maximum atomic E-state index is 10.5. The number of carbonyl (C=O) groups excluding carboxylic acids is 6. The molecular formula is C40H92O6. The Hall–Kier alpha value is -1.98. The minimum Gasteiger partial charge on any atom is -0.307 e. The van der Waals surface area contributed by atoms with Gasteiger partial charge in [0.05, 0.1) is 0 Å². The summed E-state index contributed by atoms with van der Waals surface area (Å²) in [4.78, 5) is 59.1. The van der Waals surface area contributed by atoms with Crippen LogP contribution in [0.3, 0.4) is 0 Å². The molecule has 0 aromatic carbocycles. The van der Waals surface area contributed by atoms with Crippen molar-refractivity contribution in [2.75, 3.05) is 0 Å². The first-order valence-corrected chi connectivity index (χ1v) is 17.0. The Kier molecular flexibility index (Phi) is 137. The highest BCUT2D eigenvalue weighted by Gasteiger charge is 2.03. The van der Waals surface area contributed by atoms with Crippen LogP contribution in [0.15, 0.2) is 0 Å². The number of hydrogen-bond acceptors (Lipinski definition) is 6. The molecule has 0 aliphatic rings. The van der Waals surface area contributed by atoms with Crippen LogP contribution in [0.1, 0.15) is 213 Å². The van der Waals surface area contributed by atoms with Gasteiger partial charge in [-0.2, -0.15) is 0 Å². The van der Waals surface area contributed by atoms with E-state index in [2.05, 4.69) is 20.8 Å². The van der Waals surface area contributed by atoms with Crippen molar-refractivity contribution in [1.29, 1.82) is 0 Å². The first kappa shape index (κ1) is 74.7. The van der Waals surface area contributed by atoms with Crippen LogP contribution < -0.4 is 0 Å². The number of hydrogen-bond donors (Lipinski definition) is 0. The van der Waals surface area contributed by atoms with Gasteiger partial charge in [0.1, 0.15) is 35.7 Å². The zero-order valence-corrected chi connectivity index (χ0v) is 33.8. The second-order valence-corrected chi connectivity index (χ2v) is 9.35. The molecule has 0 N–H and O–H groups in total. The van der Waals surface area contributed by atoms with E-state index in [1.54, 1.807) is 41.5 Å². The predicted octanol–water partition coefficient (Wildman–Crippen LogP) is 13.2. The average Bonchev–Trinajstić information content (AvgIpc) is 3.01. The molecule has 0 fully saturated rings. The molecule has 0 aromatic heterocycles. The number of ketones is 5. The third-order valence-corrected chi connectivity index (χ3v) is 5.13.